The van der Waals surface area contributed by atoms with Gasteiger partial charge in [0.2, 0.25) is 5.91 Å². The standard InChI is InChI=1S/C10H20N2O2S/c1-5-10(3)9(13)12(7-11-10)8(2)6-15(4)14/h8,11H,5-7H2,1-4H3. The summed E-state index contributed by atoms with van der Waals surface area (Å²) >= 11 is 0. The van der Waals surface area contributed by atoms with E-state index in [0.717, 1.165) is 6.42 Å². The first-order chi connectivity index (χ1) is 6.90. The molecule has 0 aliphatic carbocycles. The van der Waals surface area contributed by atoms with Crippen LogP contribution < -0.4 is 5.32 Å². The van der Waals surface area contributed by atoms with Gasteiger partial charge in [-0.05, 0) is 20.3 Å². The molecule has 0 aromatic rings. The number of rotatable bonds is 4. The largest absolute Gasteiger partial charge is 0.325 e. The molecule has 0 spiro atoms. The monoisotopic (exact) mass is 232 g/mol. The van der Waals surface area contributed by atoms with Crippen molar-refractivity contribution >= 4 is 16.7 Å². The second-order valence-corrected chi connectivity index (χ2v) is 5.86. The molecule has 5 heteroatoms. The molecule has 0 radical (unpaired) electrons. The zero-order valence-corrected chi connectivity index (χ0v) is 10.7. The maximum atomic E-state index is 12.0. The maximum Gasteiger partial charge on any atom is 0.243 e. The van der Waals surface area contributed by atoms with Gasteiger partial charge in [-0.2, -0.15) is 0 Å². The van der Waals surface area contributed by atoms with E-state index >= 15 is 0 Å². The number of hydrogen-bond acceptors (Lipinski definition) is 3. The number of amides is 1. The zero-order valence-electron chi connectivity index (χ0n) is 9.87. The van der Waals surface area contributed by atoms with Crippen LogP contribution in [-0.2, 0) is 15.6 Å². The second kappa shape index (κ2) is 4.61. The van der Waals surface area contributed by atoms with E-state index in [1.807, 2.05) is 20.8 Å². The lowest BCUT2D eigenvalue weighted by Gasteiger charge is -2.25. The fourth-order valence-electron chi connectivity index (χ4n) is 1.79. The van der Waals surface area contributed by atoms with Crippen LogP contribution in [0.3, 0.4) is 0 Å². The van der Waals surface area contributed by atoms with Crippen LogP contribution in [-0.4, -0.2) is 45.3 Å². The van der Waals surface area contributed by atoms with Crippen molar-refractivity contribution in [3.05, 3.63) is 0 Å². The Labute approximate surface area is 93.9 Å². The molecule has 0 aromatic heterocycles. The van der Waals surface area contributed by atoms with Gasteiger partial charge in [-0.3, -0.25) is 14.3 Å². The highest BCUT2D eigenvalue weighted by Gasteiger charge is 2.42. The molecule has 0 aromatic carbocycles. The van der Waals surface area contributed by atoms with Gasteiger partial charge >= 0.3 is 0 Å². The normalized spacial score (nSPS) is 30.7. The van der Waals surface area contributed by atoms with Crippen LogP contribution >= 0.6 is 0 Å². The van der Waals surface area contributed by atoms with E-state index < -0.39 is 16.3 Å². The van der Waals surface area contributed by atoms with Gasteiger partial charge in [0.1, 0.15) is 0 Å². The molecule has 0 bridgehead atoms. The fraction of sp³-hybridized carbons (Fsp3) is 0.900. The lowest BCUT2D eigenvalue weighted by atomic mass is 9.99. The van der Waals surface area contributed by atoms with Crippen LogP contribution in [0.25, 0.3) is 0 Å². The molecule has 1 heterocycles. The van der Waals surface area contributed by atoms with E-state index in [1.54, 1.807) is 11.2 Å². The van der Waals surface area contributed by atoms with E-state index in [-0.39, 0.29) is 11.9 Å². The number of nitrogens with zero attached hydrogens (tertiary/aromatic N) is 1. The van der Waals surface area contributed by atoms with Gasteiger partial charge in [-0.1, -0.05) is 6.92 Å². The van der Waals surface area contributed by atoms with E-state index in [0.29, 0.717) is 12.4 Å². The highest BCUT2D eigenvalue weighted by Crippen LogP contribution is 2.21. The average molecular weight is 232 g/mol. The lowest BCUT2D eigenvalue weighted by molar-refractivity contribution is -0.133. The van der Waals surface area contributed by atoms with Gasteiger partial charge in [-0.15, -0.1) is 0 Å². The SMILES string of the molecule is CCC1(C)NCN(C(C)CS(C)=O)C1=O. The van der Waals surface area contributed by atoms with Crippen LogP contribution in [0.15, 0.2) is 0 Å². The Morgan fingerprint density at radius 1 is 1.67 bits per heavy atom. The summed E-state index contributed by atoms with van der Waals surface area (Å²) in [7, 11) is -0.855. The van der Waals surface area contributed by atoms with Crippen LogP contribution in [0.5, 0.6) is 0 Å². The maximum absolute atomic E-state index is 12.0. The number of carbonyl (C=O) groups is 1. The molecule has 1 amide bonds. The molecule has 3 atom stereocenters. The molecule has 4 nitrogen and oxygen atoms in total. The van der Waals surface area contributed by atoms with Crippen LogP contribution in [0.4, 0.5) is 0 Å². The van der Waals surface area contributed by atoms with Gasteiger partial charge in [0.25, 0.3) is 0 Å². The zero-order chi connectivity index (χ0) is 11.6. The fourth-order valence-corrected chi connectivity index (χ4v) is 2.65. The number of carbonyl (C=O) groups excluding carboxylic acids is 1. The van der Waals surface area contributed by atoms with Gasteiger partial charge in [0.05, 0.1) is 12.2 Å². The van der Waals surface area contributed by atoms with E-state index in [1.165, 1.54) is 0 Å². The molecule has 88 valence electrons. The predicted octanol–water partition coefficient (Wildman–Crippen LogP) is 0.311. The minimum atomic E-state index is -0.855. The van der Waals surface area contributed by atoms with Crippen molar-refractivity contribution in [2.75, 3.05) is 18.7 Å². The third kappa shape index (κ3) is 2.58. The Morgan fingerprint density at radius 3 is 2.67 bits per heavy atom. The Morgan fingerprint density at radius 2 is 2.27 bits per heavy atom. The Hall–Kier alpha value is -0.420. The van der Waals surface area contributed by atoms with Gasteiger partial charge in [-0.25, -0.2) is 0 Å². The summed E-state index contributed by atoms with van der Waals surface area (Å²) in [5.41, 5.74) is -0.427. The van der Waals surface area contributed by atoms with Crippen molar-refractivity contribution < 1.29 is 9.00 Å². The lowest BCUT2D eigenvalue weighted by Crippen LogP contribution is -2.45. The topological polar surface area (TPSA) is 49.4 Å². The first-order valence-electron chi connectivity index (χ1n) is 5.27. The molecular weight excluding hydrogens is 212 g/mol. The molecule has 1 rings (SSSR count). The molecular formula is C10H20N2O2S. The third-order valence-corrected chi connectivity index (χ3v) is 4.04. The van der Waals surface area contributed by atoms with Crippen LogP contribution in [0.1, 0.15) is 27.2 Å². The summed E-state index contributed by atoms with van der Waals surface area (Å²) < 4.78 is 11.1. The summed E-state index contributed by atoms with van der Waals surface area (Å²) in [6, 6.07) is 0.0456. The highest BCUT2D eigenvalue weighted by atomic mass is 32.2. The highest BCUT2D eigenvalue weighted by molar-refractivity contribution is 7.84. The number of nitrogens with one attached hydrogen (secondary N) is 1. The van der Waals surface area contributed by atoms with E-state index in [9.17, 15) is 9.00 Å². The number of hydrogen-bond donors (Lipinski definition) is 1. The summed E-state index contributed by atoms with van der Waals surface area (Å²) in [6.45, 7) is 6.44. The molecule has 1 N–H and O–H groups in total. The molecule has 3 unspecified atom stereocenters. The molecule has 15 heavy (non-hydrogen) atoms. The van der Waals surface area contributed by atoms with Crippen molar-refractivity contribution in [3.63, 3.8) is 0 Å². The Balaban J connectivity index is 2.67. The van der Waals surface area contributed by atoms with Gasteiger partial charge in [0.15, 0.2) is 0 Å². The van der Waals surface area contributed by atoms with E-state index in [4.69, 9.17) is 0 Å². The molecule has 0 saturated carbocycles. The molecule has 1 aliphatic rings. The van der Waals surface area contributed by atoms with E-state index in [2.05, 4.69) is 5.32 Å². The first-order valence-corrected chi connectivity index (χ1v) is 6.99. The van der Waals surface area contributed by atoms with Crippen molar-refractivity contribution in [2.45, 2.75) is 38.8 Å². The quantitative estimate of drug-likeness (QED) is 0.759. The molecule has 1 fully saturated rings. The Kier molecular flexibility index (Phi) is 3.89. The first kappa shape index (κ1) is 12.6. The smallest absolute Gasteiger partial charge is 0.243 e. The van der Waals surface area contributed by atoms with Crippen LogP contribution in [0.2, 0.25) is 0 Å². The second-order valence-electron chi connectivity index (χ2n) is 4.38. The van der Waals surface area contributed by atoms with Crippen molar-refractivity contribution in [1.29, 1.82) is 0 Å². The summed E-state index contributed by atoms with van der Waals surface area (Å²) in [6.07, 6.45) is 2.45. The predicted molar refractivity (Wildman–Crippen MR) is 61.9 cm³/mol. The van der Waals surface area contributed by atoms with Crippen molar-refractivity contribution in [3.8, 4) is 0 Å². The molecule has 1 saturated heterocycles. The summed E-state index contributed by atoms with van der Waals surface area (Å²) in [5, 5.41) is 3.21. The van der Waals surface area contributed by atoms with Crippen LogP contribution in [0, 0.1) is 0 Å². The minimum Gasteiger partial charge on any atom is -0.325 e. The van der Waals surface area contributed by atoms with Crippen molar-refractivity contribution in [1.82, 2.24) is 10.2 Å². The average Bonchev–Trinajstić information content (AvgIpc) is 2.44. The third-order valence-electron chi connectivity index (χ3n) is 3.09. The summed E-state index contributed by atoms with van der Waals surface area (Å²) in [4.78, 5) is 13.8. The minimum absolute atomic E-state index is 0.0456. The van der Waals surface area contributed by atoms with Gasteiger partial charge in [0, 0.05) is 28.9 Å². The Bertz CT molecular complexity index is 283. The summed E-state index contributed by atoms with van der Waals surface area (Å²) in [5.74, 6) is 0.677. The molecule has 1 aliphatic heterocycles. The van der Waals surface area contributed by atoms with Crippen molar-refractivity contribution in [2.24, 2.45) is 0 Å². The van der Waals surface area contributed by atoms with Gasteiger partial charge < -0.3 is 4.90 Å².